The van der Waals surface area contributed by atoms with Crippen LogP contribution in [0.15, 0.2) is 48.5 Å². The Labute approximate surface area is 140 Å². The quantitative estimate of drug-likeness (QED) is 0.715. The lowest BCUT2D eigenvalue weighted by atomic mass is 10.1. The summed E-state index contributed by atoms with van der Waals surface area (Å²) in [4.78, 5) is 0. The maximum Gasteiger partial charge on any atom is 0.195 e. The summed E-state index contributed by atoms with van der Waals surface area (Å²) in [5.74, 6) is 1.63. The van der Waals surface area contributed by atoms with E-state index in [1.54, 1.807) is 0 Å². The Balaban J connectivity index is 1.76. The van der Waals surface area contributed by atoms with E-state index >= 15 is 0 Å². The first-order valence-electron chi connectivity index (χ1n) is 7.51. The van der Waals surface area contributed by atoms with Crippen LogP contribution in [0, 0.1) is 18.6 Å². The molecule has 1 aromatic heterocycles. The van der Waals surface area contributed by atoms with Crippen molar-refractivity contribution < 1.29 is 4.74 Å². The predicted molar refractivity (Wildman–Crippen MR) is 93.2 cm³/mol. The van der Waals surface area contributed by atoms with E-state index < -0.39 is 0 Å². The molecule has 4 nitrogen and oxygen atoms in total. The number of H-pyrrole nitrogens is 1. The summed E-state index contributed by atoms with van der Waals surface area (Å²) in [6, 6.07) is 16.3. The van der Waals surface area contributed by atoms with Gasteiger partial charge >= 0.3 is 0 Å². The molecule has 23 heavy (non-hydrogen) atoms. The van der Waals surface area contributed by atoms with Crippen LogP contribution >= 0.6 is 12.2 Å². The largest absolute Gasteiger partial charge is 0.486 e. The highest BCUT2D eigenvalue weighted by molar-refractivity contribution is 7.71. The number of hydrogen-bond donors (Lipinski definition) is 1. The van der Waals surface area contributed by atoms with Gasteiger partial charge in [0.15, 0.2) is 10.6 Å². The Morgan fingerprint density at radius 3 is 2.61 bits per heavy atom. The number of nitrogens with zero attached hydrogens (tertiary/aromatic N) is 2. The average molecular weight is 325 g/mol. The zero-order valence-corrected chi connectivity index (χ0v) is 14.1. The van der Waals surface area contributed by atoms with Crippen molar-refractivity contribution in [2.45, 2.75) is 27.0 Å². The van der Waals surface area contributed by atoms with Crippen molar-refractivity contribution in [1.82, 2.24) is 14.8 Å². The van der Waals surface area contributed by atoms with Crippen molar-refractivity contribution in [3.8, 4) is 5.75 Å². The molecule has 118 valence electrons. The fourth-order valence-electron chi connectivity index (χ4n) is 2.34. The molecule has 1 N–H and O–H groups in total. The second kappa shape index (κ2) is 6.79. The lowest BCUT2D eigenvalue weighted by Crippen LogP contribution is -2.08. The van der Waals surface area contributed by atoms with Gasteiger partial charge in [-0.2, -0.15) is 5.10 Å². The second-order valence-corrected chi connectivity index (χ2v) is 5.94. The van der Waals surface area contributed by atoms with Gasteiger partial charge in [0.1, 0.15) is 12.4 Å². The van der Waals surface area contributed by atoms with Gasteiger partial charge in [-0.05, 0) is 54.9 Å². The van der Waals surface area contributed by atoms with Gasteiger partial charge in [0.25, 0.3) is 0 Å². The van der Waals surface area contributed by atoms with Gasteiger partial charge in [-0.1, -0.05) is 36.4 Å². The number of aromatic amines is 1. The van der Waals surface area contributed by atoms with Crippen molar-refractivity contribution in [2.75, 3.05) is 0 Å². The molecule has 0 aliphatic rings. The number of nitrogens with one attached hydrogen (secondary N) is 1. The third-order valence-corrected chi connectivity index (χ3v) is 4.18. The lowest BCUT2D eigenvalue weighted by molar-refractivity contribution is 0.289. The number of aryl methyl sites for hydroxylation is 2. The smallest absolute Gasteiger partial charge is 0.195 e. The summed E-state index contributed by atoms with van der Waals surface area (Å²) in [5, 5.41) is 7.14. The third-order valence-electron chi connectivity index (χ3n) is 3.87. The summed E-state index contributed by atoms with van der Waals surface area (Å²) in [7, 11) is 0. The Bertz CT molecular complexity index is 852. The average Bonchev–Trinajstić information content (AvgIpc) is 2.90. The minimum atomic E-state index is 0.377. The fraction of sp³-hybridized carbons (Fsp3) is 0.222. The standard InChI is InChI=1S/C18H19N3OS/c1-13-8-9-16(10-14(13)2)22-12-17-19-20-18(23)21(17)11-15-6-4-3-5-7-15/h3-10H,11-12H2,1-2H3,(H,20,23). The van der Waals surface area contributed by atoms with Crippen molar-refractivity contribution in [3.05, 3.63) is 75.8 Å². The first-order chi connectivity index (χ1) is 11.1. The number of aromatic nitrogens is 3. The molecule has 5 heteroatoms. The highest BCUT2D eigenvalue weighted by Crippen LogP contribution is 2.17. The SMILES string of the molecule is Cc1ccc(OCc2n[nH]c(=S)n2Cc2ccccc2)cc1C. The summed E-state index contributed by atoms with van der Waals surface area (Å²) in [6.07, 6.45) is 0. The molecule has 0 aliphatic heterocycles. The lowest BCUT2D eigenvalue weighted by Gasteiger charge is -2.10. The van der Waals surface area contributed by atoms with Gasteiger partial charge in [-0.3, -0.25) is 9.67 Å². The maximum absolute atomic E-state index is 5.87. The molecule has 0 bridgehead atoms. The van der Waals surface area contributed by atoms with Gasteiger partial charge in [-0.15, -0.1) is 0 Å². The Kier molecular flexibility index (Phi) is 4.57. The molecule has 2 aromatic carbocycles. The molecule has 0 amide bonds. The highest BCUT2D eigenvalue weighted by Gasteiger charge is 2.08. The first-order valence-corrected chi connectivity index (χ1v) is 7.92. The van der Waals surface area contributed by atoms with E-state index in [-0.39, 0.29) is 0 Å². The molecule has 0 aliphatic carbocycles. The van der Waals surface area contributed by atoms with Crippen LogP contribution in [-0.4, -0.2) is 14.8 Å². The monoisotopic (exact) mass is 325 g/mol. The van der Waals surface area contributed by atoms with Crippen LogP contribution in [0.25, 0.3) is 0 Å². The first kappa shape index (κ1) is 15.5. The minimum absolute atomic E-state index is 0.377. The Morgan fingerprint density at radius 1 is 1.09 bits per heavy atom. The Morgan fingerprint density at radius 2 is 1.87 bits per heavy atom. The normalized spacial score (nSPS) is 10.7. The molecule has 3 rings (SSSR count). The zero-order valence-electron chi connectivity index (χ0n) is 13.2. The maximum atomic E-state index is 5.87. The Hall–Kier alpha value is -2.40. The van der Waals surface area contributed by atoms with E-state index in [2.05, 4.69) is 42.2 Å². The molecule has 0 atom stereocenters. The fourth-order valence-corrected chi connectivity index (χ4v) is 2.56. The molecule has 0 fully saturated rings. The summed E-state index contributed by atoms with van der Waals surface area (Å²) >= 11 is 5.33. The van der Waals surface area contributed by atoms with E-state index in [1.165, 1.54) is 16.7 Å². The number of hydrogen-bond acceptors (Lipinski definition) is 3. The molecular formula is C18H19N3OS. The van der Waals surface area contributed by atoms with Gasteiger partial charge < -0.3 is 4.74 Å². The summed E-state index contributed by atoms with van der Waals surface area (Å²) < 4.78 is 8.44. The zero-order chi connectivity index (χ0) is 16.2. The summed E-state index contributed by atoms with van der Waals surface area (Å²) in [5.41, 5.74) is 3.65. The van der Waals surface area contributed by atoms with Crippen LogP contribution < -0.4 is 4.74 Å². The highest BCUT2D eigenvalue weighted by atomic mass is 32.1. The molecule has 0 unspecified atom stereocenters. The van der Waals surface area contributed by atoms with Crippen LogP contribution in [0.1, 0.15) is 22.5 Å². The van der Waals surface area contributed by atoms with E-state index in [1.807, 2.05) is 34.9 Å². The minimum Gasteiger partial charge on any atom is -0.486 e. The number of ether oxygens (including phenoxy) is 1. The molecule has 1 heterocycles. The summed E-state index contributed by atoms with van der Waals surface area (Å²) in [6.45, 7) is 5.22. The van der Waals surface area contributed by atoms with Crippen molar-refractivity contribution in [2.24, 2.45) is 0 Å². The molecule has 0 radical (unpaired) electrons. The van der Waals surface area contributed by atoms with Crippen molar-refractivity contribution in [1.29, 1.82) is 0 Å². The van der Waals surface area contributed by atoms with Crippen molar-refractivity contribution >= 4 is 12.2 Å². The van der Waals surface area contributed by atoms with E-state index in [9.17, 15) is 0 Å². The van der Waals surface area contributed by atoms with Crippen LogP contribution in [0.3, 0.4) is 0 Å². The van der Waals surface area contributed by atoms with Crippen molar-refractivity contribution in [3.63, 3.8) is 0 Å². The number of rotatable bonds is 5. The van der Waals surface area contributed by atoms with E-state index in [0.29, 0.717) is 17.9 Å². The van der Waals surface area contributed by atoms with Crippen LogP contribution in [0.4, 0.5) is 0 Å². The van der Waals surface area contributed by atoms with Crippen LogP contribution in [0.2, 0.25) is 0 Å². The van der Waals surface area contributed by atoms with E-state index in [0.717, 1.165) is 11.6 Å². The van der Waals surface area contributed by atoms with Gasteiger partial charge in [0, 0.05) is 0 Å². The molecule has 0 saturated heterocycles. The van der Waals surface area contributed by atoms with Crippen LogP contribution in [0.5, 0.6) is 5.75 Å². The third kappa shape index (κ3) is 3.68. The second-order valence-electron chi connectivity index (χ2n) is 5.55. The van der Waals surface area contributed by atoms with Gasteiger partial charge in [0.2, 0.25) is 0 Å². The van der Waals surface area contributed by atoms with Gasteiger partial charge in [0.05, 0.1) is 6.54 Å². The van der Waals surface area contributed by atoms with Gasteiger partial charge in [-0.25, -0.2) is 0 Å². The molecule has 3 aromatic rings. The van der Waals surface area contributed by atoms with Crippen LogP contribution in [-0.2, 0) is 13.2 Å². The topological polar surface area (TPSA) is 42.8 Å². The molecular weight excluding hydrogens is 306 g/mol. The predicted octanol–water partition coefficient (Wildman–Crippen LogP) is 4.18. The number of benzene rings is 2. The molecule has 0 spiro atoms. The van der Waals surface area contributed by atoms with E-state index in [4.69, 9.17) is 17.0 Å². The molecule has 0 saturated carbocycles.